The first-order valence-electron chi connectivity index (χ1n) is 9.36. The van der Waals surface area contributed by atoms with Crippen LogP contribution in [-0.2, 0) is 0 Å². The quantitative estimate of drug-likeness (QED) is 0.424. The lowest BCUT2D eigenvalue weighted by molar-refractivity contribution is 0.263. The van der Waals surface area contributed by atoms with Gasteiger partial charge in [0.25, 0.3) is 0 Å². The number of H-pyrrole nitrogens is 1. The van der Waals surface area contributed by atoms with Crippen LogP contribution in [0.5, 0.6) is 5.75 Å². The lowest BCUT2D eigenvalue weighted by Gasteiger charge is -2.14. The summed E-state index contributed by atoms with van der Waals surface area (Å²) in [7, 11) is 4.08. The lowest BCUT2D eigenvalue weighted by Crippen LogP contribution is -2.19. The van der Waals surface area contributed by atoms with Gasteiger partial charge in [0.15, 0.2) is 0 Å². The second-order valence-electron chi connectivity index (χ2n) is 7.35. The van der Waals surface area contributed by atoms with Gasteiger partial charge in [-0.2, -0.15) is 0 Å². The minimum Gasteiger partial charge on any atom is -0.490 e. The van der Waals surface area contributed by atoms with Gasteiger partial charge < -0.3 is 19.9 Å². The first kappa shape index (κ1) is 18.7. The third-order valence-corrected chi connectivity index (χ3v) is 5.01. The second kappa shape index (κ2) is 7.74. The number of hydrogen-bond donors (Lipinski definition) is 2. The first-order valence-corrected chi connectivity index (χ1v) is 9.73. The number of nitrogens with one attached hydrogen (secondary N) is 2. The van der Waals surface area contributed by atoms with Crippen molar-refractivity contribution in [3.63, 3.8) is 0 Å². The molecule has 2 N–H and O–H groups in total. The summed E-state index contributed by atoms with van der Waals surface area (Å²) >= 11 is 6.25. The molecule has 1 heterocycles. The van der Waals surface area contributed by atoms with Crippen molar-refractivity contribution >= 4 is 44.8 Å². The molecule has 3 aromatic carbocycles. The van der Waals surface area contributed by atoms with E-state index >= 15 is 0 Å². The Balaban J connectivity index is 1.79. The maximum absolute atomic E-state index is 6.25. The predicted molar refractivity (Wildman–Crippen MR) is 119 cm³/mol. The number of halogens is 1. The molecule has 0 atom stereocenters. The van der Waals surface area contributed by atoms with Gasteiger partial charge in [0.05, 0.1) is 5.52 Å². The second-order valence-corrected chi connectivity index (χ2v) is 7.79. The van der Waals surface area contributed by atoms with Crippen molar-refractivity contribution in [2.75, 3.05) is 32.6 Å². The average Bonchev–Trinajstić information content (AvgIpc) is 3.01. The largest absolute Gasteiger partial charge is 0.490 e. The van der Waals surface area contributed by atoms with E-state index in [1.165, 1.54) is 5.56 Å². The van der Waals surface area contributed by atoms with Crippen LogP contribution in [0.25, 0.3) is 21.8 Å². The zero-order valence-electron chi connectivity index (χ0n) is 16.3. The standard InChI is InChI=1S/C23H24ClN3O/c1-15-4-7-17(8-5-15)25-18-13-20-19-12-16(24)6-9-21(19)26-23(20)22(14-18)28-11-10-27(2)3/h4-9,12-14,25-26H,10-11H2,1-3H3. The summed E-state index contributed by atoms with van der Waals surface area (Å²) in [6, 6.07) is 18.5. The molecule has 0 unspecified atom stereocenters. The van der Waals surface area contributed by atoms with Crippen LogP contribution in [0, 0.1) is 6.92 Å². The van der Waals surface area contributed by atoms with Gasteiger partial charge in [0.2, 0.25) is 0 Å². The van der Waals surface area contributed by atoms with Crippen molar-refractivity contribution in [3.05, 3.63) is 65.2 Å². The minimum atomic E-state index is 0.617. The van der Waals surface area contributed by atoms with Crippen LogP contribution in [0.4, 0.5) is 11.4 Å². The van der Waals surface area contributed by atoms with E-state index in [1.807, 2.05) is 32.3 Å². The molecule has 0 aliphatic carbocycles. The molecule has 4 nitrogen and oxygen atoms in total. The van der Waals surface area contributed by atoms with E-state index in [4.69, 9.17) is 16.3 Å². The molecule has 0 aliphatic heterocycles. The average molecular weight is 394 g/mol. The van der Waals surface area contributed by atoms with Gasteiger partial charge in [-0.15, -0.1) is 0 Å². The molecule has 5 heteroatoms. The monoisotopic (exact) mass is 393 g/mol. The summed E-state index contributed by atoms with van der Waals surface area (Å²) < 4.78 is 6.14. The number of anilines is 2. The van der Waals surface area contributed by atoms with E-state index < -0.39 is 0 Å². The zero-order chi connectivity index (χ0) is 19.7. The van der Waals surface area contributed by atoms with Crippen molar-refractivity contribution in [3.8, 4) is 5.75 Å². The highest BCUT2D eigenvalue weighted by atomic mass is 35.5. The molecule has 1 aromatic heterocycles. The van der Waals surface area contributed by atoms with Gasteiger partial charge in [0.1, 0.15) is 12.4 Å². The van der Waals surface area contributed by atoms with Crippen molar-refractivity contribution in [1.29, 1.82) is 0 Å². The molecule has 0 saturated heterocycles. The molecule has 0 radical (unpaired) electrons. The Labute approximate surface area is 170 Å². The lowest BCUT2D eigenvalue weighted by atomic mass is 10.1. The van der Waals surface area contributed by atoms with E-state index in [0.717, 1.165) is 50.5 Å². The maximum Gasteiger partial charge on any atom is 0.145 e. The van der Waals surface area contributed by atoms with Crippen molar-refractivity contribution in [2.24, 2.45) is 0 Å². The van der Waals surface area contributed by atoms with Gasteiger partial charge in [-0.3, -0.25) is 0 Å². The number of ether oxygens (including phenoxy) is 1. The molecule has 0 aliphatic rings. The van der Waals surface area contributed by atoms with E-state index in [9.17, 15) is 0 Å². The Morgan fingerprint density at radius 2 is 1.75 bits per heavy atom. The van der Waals surface area contributed by atoms with Crippen LogP contribution in [0.2, 0.25) is 5.02 Å². The molecule has 144 valence electrons. The Hall–Kier alpha value is -2.69. The summed E-state index contributed by atoms with van der Waals surface area (Å²) in [6.45, 7) is 3.55. The minimum absolute atomic E-state index is 0.617. The molecule has 0 fully saturated rings. The number of fused-ring (bicyclic) bond motifs is 3. The number of likely N-dealkylation sites (N-methyl/N-ethyl adjacent to an activating group) is 1. The Bertz CT molecular complexity index is 1120. The molecule has 28 heavy (non-hydrogen) atoms. The molecular weight excluding hydrogens is 370 g/mol. The smallest absolute Gasteiger partial charge is 0.145 e. The molecule has 4 aromatic rings. The van der Waals surface area contributed by atoms with Gasteiger partial charge in [-0.25, -0.2) is 0 Å². The van der Waals surface area contributed by atoms with Crippen LogP contribution in [-0.4, -0.2) is 37.1 Å². The number of aryl methyl sites for hydroxylation is 1. The normalized spacial score (nSPS) is 11.5. The Kier molecular flexibility index (Phi) is 5.16. The van der Waals surface area contributed by atoms with Crippen LogP contribution >= 0.6 is 11.6 Å². The van der Waals surface area contributed by atoms with Gasteiger partial charge in [-0.05, 0) is 57.4 Å². The van der Waals surface area contributed by atoms with E-state index in [1.54, 1.807) is 0 Å². The molecule has 4 rings (SSSR count). The maximum atomic E-state index is 6.25. The third kappa shape index (κ3) is 3.93. The van der Waals surface area contributed by atoms with Gasteiger partial charge in [0, 0.05) is 45.3 Å². The fourth-order valence-corrected chi connectivity index (χ4v) is 3.44. The van der Waals surface area contributed by atoms with Gasteiger partial charge >= 0.3 is 0 Å². The van der Waals surface area contributed by atoms with E-state index in [-0.39, 0.29) is 0 Å². The highest BCUT2D eigenvalue weighted by molar-refractivity contribution is 6.32. The Morgan fingerprint density at radius 1 is 0.964 bits per heavy atom. The Morgan fingerprint density at radius 3 is 2.50 bits per heavy atom. The van der Waals surface area contributed by atoms with E-state index in [0.29, 0.717) is 6.61 Å². The van der Waals surface area contributed by atoms with Crippen molar-refractivity contribution in [2.45, 2.75) is 6.92 Å². The third-order valence-electron chi connectivity index (χ3n) is 4.77. The summed E-state index contributed by atoms with van der Waals surface area (Å²) in [4.78, 5) is 5.59. The fraction of sp³-hybridized carbons (Fsp3) is 0.217. The molecule has 0 amide bonds. The number of rotatable bonds is 6. The highest BCUT2D eigenvalue weighted by Gasteiger charge is 2.12. The molecule has 0 bridgehead atoms. The van der Waals surface area contributed by atoms with Crippen molar-refractivity contribution in [1.82, 2.24) is 9.88 Å². The summed E-state index contributed by atoms with van der Waals surface area (Å²) in [6.07, 6.45) is 0. The first-order chi connectivity index (χ1) is 13.5. The van der Waals surface area contributed by atoms with Crippen LogP contribution < -0.4 is 10.1 Å². The number of aromatic amines is 1. The zero-order valence-corrected chi connectivity index (χ0v) is 17.1. The number of hydrogen-bond acceptors (Lipinski definition) is 3. The van der Waals surface area contributed by atoms with Crippen LogP contribution in [0.15, 0.2) is 54.6 Å². The number of benzene rings is 3. The topological polar surface area (TPSA) is 40.3 Å². The molecule has 0 saturated carbocycles. The van der Waals surface area contributed by atoms with Gasteiger partial charge in [-0.1, -0.05) is 29.3 Å². The summed E-state index contributed by atoms with van der Waals surface area (Å²) in [5.74, 6) is 0.835. The summed E-state index contributed by atoms with van der Waals surface area (Å²) in [5, 5.41) is 6.40. The SMILES string of the molecule is Cc1ccc(Nc2cc(OCCN(C)C)c3[nH]c4ccc(Cl)cc4c3c2)cc1. The van der Waals surface area contributed by atoms with Crippen LogP contribution in [0.1, 0.15) is 5.56 Å². The number of aromatic nitrogens is 1. The predicted octanol–water partition coefficient (Wildman–Crippen LogP) is 5.97. The van der Waals surface area contributed by atoms with Crippen LogP contribution in [0.3, 0.4) is 0 Å². The van der Waals surface area contributed by atoms with Crippen molar-refractivity contribution < 1.29 is 4.74 Å². The fourth-order valence-electron chi connectivity index (χ4n) is 3.27. The summed E-state index contributed by atoms with van der Waals surface area (Å²) in [5.41, 5.74) is 5.30. The number of nitrogens with zero attached hydrogens (tertiary/aromatic N) is 1. The molecular formula is C23H24ClN3O. The highest BCUT2D eigenvalue weighted by Crippen LogP contribution is 2.36. The van der Waals surface area contributed by atoms with E-state index in [2.05, 4.69) is 58.5 Å². The molecule has 0 spiro atoms.